The Bertz CT molecular complexity index is 223. The van der Waals surface area contributed by atoms with Gasteiger partial charge < -0.3 is 0 Å². The number of aliphatic imine (C=N–C) groups is 2. The number of rotatable bonds is 0. The first kappa shape index (κ1) is 5.83. The Morgan fingerprint density at radius 1 is 1.50 bits per heavy atom. The molecule has 2 heteroatoms. The lowest BCUT2D eigenvalue weighted by molar-refractivity contribution is 0.856. The summed E-state index contributed by atoms with van der Waals surface area (Å²) in [5.74, 6) is 0. The summed E-state index contributed by atoms with van der Waals surface area (Å²) >= 11 is 0. The van der Waals surface area contributed by atoms with Gasteiger partial charge in [-0.1, -0.05) is 0 Å². The van der Waals surface area contributed by atoms with Crippen molar-refractivity contribution in [2.75, 3.05) is 6.54 Å². The zero-order valence-corrected chi connectivity index (χ0v) is 5.88. The Labute approximate surface area is 60.4 Å². The SMILES string of the molecule is C1=NCC2=C(C1)CCC=[N+]2. The highest BCUT2D eigenvalue weighted by Gasteiger charge is 2.20. The molecule has 0 bridgehead atoms. The van der Waals surface area contributed by atoms with Crippen molar-refractivity contribution in [2.24, 2.45) is 4.99 Å². The lowest BCUT2D eigenvalue weighted by Gasteiger charge is -2.06. The van der Waals surface area contributed by atoms with Crippen molar-refractivity contribution in [1.82, 2.24) is 4.99 Å². The highest BCUT2D eigenvalue weighted by molar-refractivity contribution is 5.67. The van der Waals surface area contributed by atoms with Crippen LogP contribution in [0.5, 0.6) is 0 Å². The molecular formula is C8H10N2+. The van der Waals surface area contributed by atoms with Crippen molar-refractivity contribution in [3.63, 3.8) is 0 Å². The monoisotopic (exact) mass is 134 g/mol. The molecule has 2 aliphatic heterocycles. The summed E-state index contributed by atoms with van der Waals surface area (Å²) in [5, 5.41) is 0. The molecule has 0 aromatic rings. The molecule has 1 radical (unpaired) electrons. The van der Waals surface area contributed by atoms with E-state index in [1.165, 1.54) is 17.7 Å². The van der Waals surface area contributed by atoms with Gasteiger partial charge in [0.15, 0.2) is 0 Å². The average Bonchev–Trinajstić information content (AvgIpc) is 2.05. The number of dihydropyridines is 1. The van der Waals surface area contributed by atoms with Crippen LogP contribution in [0.3, 0.4) is 0 Å². The Morgan fingerprint density at radius 2 is 2.50 bits per heavy atom. The van der Waals surface area contributed by atoms with Crippen molar-refractivity contribution in [3.05, 3.63) is 11.3 Å². The van der Waals surface area contributed by atoms with E-state index >= 15 is 0 Å². The van der Waals surface area contributed by atoms with Crippen molar-refractivity contribution in [3.8, 4) is 0 Å². The van der Waals surface area contributed by atoms with Gasteiger partial charge in [0.2, 0.25) is 6.21 Å². The van der Waals surface area contributed by atoms with Crippen LogP contribution in [0.1, 0.15) is 19.3 Å². The molecule has 0 saturated heterocycles. The van der Waals surface area contributed by atoms with Crippen LogP contribution in [-0.2, 0) is 0 Å². The van der Waals surface area contributed by atoms with Crippen molar-refractivity contribution < 1.29 is 0 Å². The Kier molecular flexibility index (Phi) is 1.38. The maximum Gasteiger partial charge on any atom is 0.274 e. The van der Waals surface area contributed by atoms with Crippen molar-refractivity contribution >= 4 is 12.4 Å². The molecular weight excluding hydrogens is 124 g/mol. The largest absolute Gasteiger partial charge is 0.286 e. The van der Waals surface area contributed by atoms with E-state index in [-0.39, 0.29) is 0 Å². The zero-order chi connectivity index (χ0) is 6.81. The quantitative estimate of drug-likeness (QED) is 0.471. The molecule has 0 spiro atoms. The van der Waals surface area contributed by atoms with Gasteiger partial charge in [-0.05, 0) is 6.42 Å². The zero-order valence-electron chi connectivity index (χ0n) is 5.88. The van der Waals surface area contributed by atoms with E-state index < -0.39 is 0 Å². The van der Waals surface area contributed by atoms with E-state index in [2.05, 4.69) is 9.98 Å². The molecule has 10 heavy (non-hydrogen) atoms. The molecule has 0 aromatic carbocycles. The van der Waals surface area contributed by atoms with Crippen molar-refractivity contribution in [1.29, 1.82) is 0 Å². The predicted octanol–water partition coefficient (Wildman–Crippen LogP) is 0.915. The smallest absolute Gasteiger partial charge is 0.274 e. The van der Waals surface area contributed by atoms with Crippen LogP contribution in [-0.4, -0.2) is 19.0 Å². The van der Waals surface area contributed by atoms with Gasteiger partial charge in [-0.25, -0.2) is 0 Å². The van der Waals surface area contributed by atoms with Gasteiger partial charge in [0, 0.05) is 24.6 Å². The second-order valence-corrected chi connectivity index (χ2v) is 2.63. The number of nitrogens with zero attached hydrogens (tertiary/aromatic N) is 2. The van der Waals surface area contributed by atoms with E-state index in [9.17, 15) is 0 Å². The minimum atomic E-state index is 0.811. The molecule has 2 aliphatic rings. The van der Waals surface area contributed by atoms with Crippen molar-refractivity contribution in [2.45, 2.75) is 19.3 Å². The first-order chi connectivity index (χ1) is 4.97. The molecule has 0 aliphatic carbocycles. The standard InChI is InChI=1S/C8H10N2/c1-2-7-3-5-9-6-8(7)10-4-1/h4-5H,1-3,6H2/q+1. The van der Waals surface area contributed by atoms with Crippen LogP contribution >= 0.6 is 0 Å². The van der Waals surface area contributed by atoms with Crippen LogP contribution < -0.4 is 4.99 Å². The van der Waals surface area contributed by atoms with E-state index in [1.54, 1.807) is 0 Å². The summed E-state index contributed by atoms with van der Waals surface area (Å²) in [6.45, 7) is 0.811. The summed E-state index contributed by atoms with van der Waals surface area (Å²) in [6.07, 6.45) is 7.35. The van der Waals surface area contributed by atoms with Crippen LogP contribution in [0, 0.1) is 0 Å². The van der Waals surface area contributed by atoms with Gasteiger partial charge in [-0.3, -0.25) is 4.99 Å². The van der Waals surface area contributed by atoms with E-state index in [0.29, 0.717) is 0 Å². The molecule has 2 heterocycles. The topological polar surface area (TPSA) is 26.5 Å². The molecule has 0 N–H and O–H groups in total. The van der Waals surface area contributed by atoms with Gasteiger partial charge in [0.1, 0.15) is 6.54 Å². The fraction of sp³-hybridized carbons (Fsp3) is 0.500. The number of hydrogen-bond acceptors (Lipinski definition) is 2. The molecule has 0 amide bonds. The maximum atomic E-state index is 4.29. The minimum Gasteiger partial charge on any atom is -0.286 e. The first-order valence-corrected chi connectivity index (χ1v) is 3.68. The molecule has 0 aromatic heterocycles. The Balaban J connectivity index is 2.25. The maximum absolute atomic E-state index is 4.29. The van der Waals surface area contributed by atoms with Crippen LogP contribution in [0.4, 0.5) is 0 Å². The van der Waals surface area contributed by atoms with Gasteiger partial charge in [0.25, 0.3) is 5.70 Å². The Morgan fingerprint density at radius 3 is 3.40 bits per heavy atom. The molecule has 0 unspecified atom stereocenters. The second-order valence-electron chi connectivity index (χ2n) is 2.63. The molecule has 2 nitrogen and oxygen atoms in total. The Hall–Kier alpha value is -0.920. The highest BCUT2D eigenvalue weighted by atomic mass is 14.8. The summed E-state index contributed by atoms with van der Waals surface area (Å²) in [5.41, 5.74) is 2.71. The summed E-state index contributed by atoms with van der Waals surface area (Å²) < 4.78 is 0. The third-order valence-corrected chi connectivity index (χ3v) is 1.94. The second kappa shape index (κ2) is 2.37. The van der Waals surface area contributed by atoms with Gasteiger partial charge >= 0.3 is 0 Å². The third kappa shape index (κ3) is 0.897. The molecule has 51 valence electrons. The highest BCUT2D eigenvalue weighted by Crippen LogP contribution is 2.17. The first-order valence-electron chi connectivity index (χ1n) is 3.68. The fourth-order valence-electron chi connectivity index (χ4n) is 1.35. The molecule has 0 saturated carbocycles. The number of allylic oxidation sites excluding steroid dienone is 1. The molecule has 2 rings (SSSR count). The van der Waals surface area contributed by atoms with Crippen LogP contribution in [0.15, 0.2) is 16.3 Å². The van der Waals surface area contributed by atoms with Gasteiger partial charge in [-0.15, -0.1) is 0 Å². The number of hydrogen-bond donors (Lipinski definition) is 0. The molecule has 0 atom stereocenters. The minimum absolute atomic E-state index is 0.811. The summed E-state index contributed by atoms with van der Waals surface area (Å²) in [4.78, 5) is 8.46. The summed E-state index contributed by atoms with van der Waals surface area (Å²) in [7, 11) is 0. The van der Waals surface area contributed by atoms with E-state index in [4.69, 9.17) is 0 Å². The van der Waals surface area contributed by atoms with Gasteiger partial charge in [-0.2, -0.15) is 0 Å². The summed E-state index contributed by atoms with van der Waals surface area (Å²) in [6, 6.07) is 0. The lowest BCUT2D eigenvalue weighted by atomic mass is 10.0. The fourth-order valence-corrected chi connectivity index (χ4v) is 1.35. The third-order valence-electron chi connectivity index (χ3n) is 1.94. The van der Waals surface area contributed by atoms with Crippen LogP contribution in [0.25, 0.3) is 0 Å². The van der Waals surface area contributed by atoms with E-state index in [1.807, 2.05) is 12.4 Å². The average molecular weight is 134 g/mol. The van der Waals surface area contributed by atoms with Crippen LogP contribution in [0.2, 0.25) is 0 Å². The normalized spacial score (nSPS) is 23.2. The molecule has 0 fully saturated rings. The lowest BCUT2D eigenvalue weighted by Crippen LogP contribution is -2.12. The van der Waals surface area contributed by atoms with E-state index in [0.717, 1.165) is 19.4 Å². The van der Waals surface area contributed by atoms with Gasteiger partial charge in [0.05, 0.1) is 4.99 Å². The predicted molar refractivity (Wildman–Crippen MR) is 42.4 cm³/mol.